The zero-order valence-electron chi connectivity index (χ0n) is 17.3. The number of aromatic nitrogens is 4. The zero-order valence-corrected chi connectivity index (χ0v) is 18.1. The fraction of sp³-hybridized carbons (Fsp3) is 0.0833. The number of nitrogens with zero attached hydrogens (tertiary/aromatic N) is 4. The number of thiophene rings is 1. The second kappa shape index (κ2) is 8.49. The second-order valence-corrected chi connectivity index (χ2v) is 8.56. The van der Waals surface area contributed by atoms with Crippen LogP contribution in [0.5, 0.6) is 0 Å². The molecule has 0 saturated heterocycles. The maximum atomic E-state index is 8.84. The Morgan fingerprint density at radius 2 is 1.84 bits per heavy atom. The first-order valence-corrected chi connectivity index (χ1v) is 10.9. The third-order valence-corrected chi connectivity index (χ3v) is 5.96. The highest BCUT2D eigenvalue weighted by atomic mass is 32.1. The van der Waals surface area contributed by atoms with E-state index in [0.717, 1.165) is 32.7 Å². The molecule has 7 nitrogen and oxygen atoms in total. The number of aryl methyl sites for hydroxylation is 1. The van der Waals surface area contributed by atoms with Crippen molar-refractivity contribution in [2.75, 3.05) is 10.6 Å². The van der Waals surface area contributed by atoms with Crippen LogP contribution in [0, 0.1) is 18.3 Å². The van der Waals surface area contributed by atoms with E-state index in [2.05, 4.69) is 50.9 Å². The van der Waals surface area contributed by atoms with Crippen LogP contribution < -0.4 is 10.6 Å². The minimum atomic E-state index is 0.386. The molecule has 0 fully saturated rings. The van der Waals surface area contributed by atoms with Crippen LogP contribution in [0.4, 0.5) is 23.3 Å². The lowest BCUT2D eigenvalue weighted by Gasteiger charge is -2.11. The van der Waals surface area contributed by atoms with Gasteiger partial charge in [-0.05, 0) is 48.9 Å². The quantitative estimate of drug-likeness (QED) is 0.304. The fourth-order valence-electron chi connectivity index (χ4n) is 3.37. The molecule has 0 bridgehead atoms. The van der Waals surface area contributed by atoms with Crippen LogP contribution in [0.1, 0.15) is 10.4 Å². The van der Waals surface area contributed by atoms with E-state index in [1.165, 1.54) is 4.88 Å². The molecule has 156 valence electrons. The summed E-state index contributed by atoms with van der Waals surface area (Å²) >= 11 is 1.72. The fourth-order valence-corrected chi connectivity index (χ4v) is 4.20. The van der Waals surface area contributed by atoms with Crippen molar-refractivity contribution in [2.24, 2.45) is 0 Å². The van der Waals surface area contributed by atoms with Crippen molar-refractivity contribution in [3.8, 4) is 16.6 Å². The van der Waals surface area contributed by atoms with Gasteiger partial charge in [-0.3, -0.25) is 5.10 Å². The molecule has 0 aliphatic carbocycles. The van der Waals surface area contributed by atoms with Gasteiger partial charge in [0.05, 0.1) is 28.6 Å². The van der Waals surface area contributed by atoms with Crippen molar-refractivity contribution in [3.05, 3.63) is 77.2 Å². The van der Waals surface area contributed by atoms with Gasteiger partial charge in [-0.1, -0.05) is 24.3 Å². The highest BCUT2D eigenvalue weighted by molar-refractivity contribution is 7.15. The van der Waals surface area contributed by atoms with E-state index in [-0.39, 0.29) is 0 Å². The highest BCUT2D eigenvalue weighted by Gasteiger charge is 2.11. The van der Waals surface area contributed by atoms with E-state index >= 15 is 0 Å². The lowest BCUT2D eigenvalue weighted by molar-refractivity contribution is 1.09. The number of rotatable bonds is 6. The number of fused-ring (bicyclic) bond motifs is 1. The molecular weight excluding hydrogens is 418 g/mol. The Morgan fingerprint density at radius 3 is 2.62 bits per heavy atom. The van der Waals surface area contributed by atoms with Gasteiger partial charge < -0.3 is 10.6 Å². The number of hydrogen-bond donors (Lipinski definition) is 3. The van der Waals surface area contributed by atoms with Gasteiger partial charge in [0.2, 0.25) is 5.95 Å². The minimum Gasteiger partial charge on any atom is -0.324 e. The van der Waals surface area contributed by atoms with E-state index in [4.69, 9.17) is 10.2 Å². The summed E-state index contributed by atoms with van der Waals surface area (Å²) in [5, 5.41) is 23.8. The van der Waals surface area contributed by atoms with Gasteiger partial charge in [-0.2, -0.15) is 15.3 Å². The van der Waals surface area contributed by atoms with Crippen LogP contribution in [0.2, 0.25) is 0 Å². The predicted octanol–water partition coefficient (Wildman–Crippen LogP) is 5.94. The third kappa shape index (κ3) is 4.15. The van der Waals surface area contributed by atoms with Crippen molar-refractivity contribution in [2.45, 2.75) is 13.3 Å². The smallest absolute Gasteiger partial charge is 0.229 e. The lowest BCUT2D eigenvalue weighted by Crippen LogP contribution is -2.02. The number of para-hydroxylation sites is 1. The van der Waals surface area contributed by atoms with Gasteiger partial charge in [0.25, 0.3) is 0 Å². The second-order valence-electron chi connectivity index (χ2n) is 7.27. The summed E-state index contributed by atoms with van der Waals surface area (Å²) in [5.41, 5.74) is 3.59. The molecule has 0 unspecified atom stereocenters. The molecule has 3 N–H and O–H groups in total. The number of nitriles is 1. The molecule has 2 aromatic carbocycles. The largest absolute Gasteiger partial charge is 0.324 e. The SMILES string of the molecule is Cc1ccc(-c2cc(Nc3nc(Nc4ccc(CC#N)cc4)nc4ccccc34)n[nH]2)s1. The van der Waals surface area contributed by atoms with Gasteiger partial charge in [0.1, 0.15) is 5.82 Å². The predicted molar refractivity (Wildman–Crippen MR) is 129 cm³/mol. The maximum Gasteiger partial charge on any atom is 0.229 e. The summed E-state index contributed by atoms with van der Waals surface area (Å²) in [6.45, 7) is 2.09. The monoisotopic (exact) mass is 437 g/mol. The molecule has 0 atom stereocenters. The van der Waals surface area contributed by atoms with Crippen molar-refractivity contribution in [1.82, 2.24) is 20.2 Å². The van der Waals surface area contributed by atoms with Gasteiger partial charge in [-0.15, -0.1) is 11.3 Å². The summed E-state index contributed by atoms with van der Waals surface area (Å²) < 4.78 is 0. The molecule has 3 aromatic heterocycles. The van der Waals surface area contributed by atoms with Crippen molar-refractivity contribution >= 4 is 45.5 Å². The molecule has 0 radical (unpaired) electrons. The van der Waals surface area contributed by atoms with Gasteiger partial charge >= 0.3 is 0 Å². The average molecular weight is 438 g/mol. The first-order chi connectivity index (χ1) is 15.7. The molecule has 0 amide bonds. The van der Waals surface area contributed by atoms with Crippen molar-refractivity contribution < 1.29 is 0 Å². The van der Waals surface area contributed by atoms with Gasteiger partial charge in [-0.25, -0.2) is 4.98 Å². The Kier molecular flexibility index (Phi) is 5.24. The number of nitrogens with one attached hydrogen (secondary N) is 3. The van der Waals surface area contributed by atoms with Crippen LogP contribution in [-0.4, -0.2) is 20.2 Å². The van der Waals surface area contributed by atoms with Crippen molar-refractivity contribution in [3.63, 3.8) is 0 Å². The Hall–Kier alpha value is -4.22. The molecule has 0 aliphatic rings. The Balaban J connectivity index is 1.45. The van der Waals surface area contributed by atoms with E-state index < -0.39 is 0 Å². The summed E-state index contributed by atoms with van der Waals surface area (Å²) in [6, 6.07) is 23.8. The van der Waals surface area contributed by atoms with E-state index in [1.54, 1.807) is 11.3 Å². The molecular formula is C24H19N7S. The van der Waals surface area contributed by atoms with Gasteiger partial charge in [0.15, 0.2) is 5.82 Å². The minimum absolute atomic E-state index is 0.386. The molecule has 0 aliphatic heterocycles. The molecule has 8 heteroatoms. The van der Waals surface area contributed by atoms with Crippen LogP contribution in [-0.2, 0) is 6.42 Å². The first kappa shape index (κ1) is 19.7. The van der Waals surface area contributed by atoms with Crippen molar-refractivity contribution in [1.29, 1.82) is 5.26 Å². The number of aromatic amines is 1. The topological polar surface area (TPSA) is 102 Å². The summed E-state index contributed by atoms with van der Waals surface area (Å²) in [4.78, 5) is 11.7. The van der Waals surface area contributed by atoms with E-state index in [0.29, 0.717) is 24.0 Å². The summed E-state index contributed by atoms with van der Waals surface area (Å²) in [6.07, 6.45) is 0.386. The Bertz CT molecular complexity index is 1430. The lowest BCUT2D eigenvalue weighted by atomic mass is 10.1. The van der Waals surface area contributed by atoms with Crippen LogP contribution >= 0.6 is 11.3 Å². The maximum absolute atomic E-state index is 8.84. The molecule has 5 rings (SSSR count). The summed E-state index contributed by atoms with van der Waals surface area (Å²) in [5.74, 6) is 1.82. The van der Waals surface area contributed by atoms with Crippen LogP contribution in [0.25, 0.3) is 21.5 Å². The molecule has 0 spiro atoms. The molecule has 32 heavy (non-hydrogen) atoms. The Labute approximate surface area is 188 Å². The number of benzene rings is 2. The number of anilines is 4. The average Bonchev–Trinajstić information content (AvgIpc) is 3.44. The standard InChI is InChI=1S/C24H19N7S/c1-15-6-11-21(32-15)20-14-22(31-30-20)28-23-18-4-2-3-5-19(18)27-24(29-23)26-17-9-7-16(8-10-17)12-13-25/h2-11,14H,12H2,1H3,(H3,26,27,28,29,30,31). The van der Waals surface area contributed by atoms with Crippen LogP contribution in [0.15, 0.2) is 66.7 Å². The van der Waals surface area contributed by atoms with E-state index in [1.807, 2.05) is 54.6 Å². The first-order valence-electron chi connectivity index (χ1n) is 10.1. The molecule has 5 aromatic rings. The van der Waals surface area contributed by atoms with Gasteiger partial charge in [0, 0.05) is 22.0 Å². The Morgan fingerprint density at radius 1 is 1.00 bits per heavy atom. The zero-order chi connectivity index (χ0) is 21.9. The number of hydrogen-bond acceptors (Lipinski definition) is 7. The normalized spacial score (nSPS) is 10.8. The van der Waals surface area contributed by atoms with E-state index in [9.17, 15) is 0 Å². The molecule has 0 saturated carbocycles. The highest BCUT2D eigenvalue weighted by Crippen LogP contribution is 2.30. The number of H-pyrrole nitrogens is 1. The summed E-state index contributed by atoms with van der Waals surface area (Å²) in [7, 11) is 0. The molecule has 3 heterocycles. The van der Waals surface area contributed by atoms with Crippen LogP contribution in [0.3, 0.4) is 0 Å². The third-order valence-electron chi connectivity index (χ3n) is 4.93.